The number of nitrogens with one attached hydrogen (secondary N) is 1. The molecule has 2 N–H and O–H groups in total. The molecule has 0 saturated carbocycles. The van der Waals surface area contributed by atoms with E-state index >= 15 is 0 Å². The second kappa shape index (κ2) is 4.87. The molecule has 0 atom stereocenters. The zero-order chi connectivity index (χ0) is 13.2. The van der Waals surface area contributed by atoms with Crippen LogP contribution in [0.25, 0.3) is 11.0 Å². The Labute approximate surface area is 114 Å². The SMILES string of the molecule is O=C(O)c1ccc(CNc2cccc3n[se]nc23)o1. The first-order chi connectivity index (χ1) is 9.24. The molecule has 1 aromatic carbocycles. The van der Waals surface area contributed by atoms with Crippen LogP contribution < -0.4 is 5.32 Å². The number of aromatic nitrogens is 2. The fourth-order valence-electron chi connectivity index (χ4n) is 1.72. The molecule has 2 aromatic heterocycles. The van der Waals surface area contributed by atoms with Crippen LogP contribution in [-0.2, 0) is 6.54 Å². The Morgan fingerprint density at radius 3 is 3.00 bits per heavy atom. The van der Waals surface area contributed by atoms with Crippen molar-refractivity contribution in [1.82, 2.24) is 7.96 Å². The number of nitrogens with zero attached hydrogens (tertiary/aromatic N) is 2. The molecule has 0 radical (unpaired) electrons. The van der Waals surface area contributed by atoms with Crippen LogP contribution in [0.5, 0.6) is 0 Å². The number of benzene rings is 1. The number of hydrogen-bond donors (Lipinski definition) is 2. The summed E-state index contributed by atoms with van der Waals surface area (Å²) in [5.74, 6) is -0.558. The van der Waals surface area contributed by atoms with Gasteiger partial charge in [0.05, 0.1) is 0 Å². The summed E-state index contributed by atoms with van der Waals surface area (Å²) in [6.07, 6.45) is 0. The summed E-state index contributed by atoms with van der Waals surface area (Å²) in [6, 6.07) is 8.84. The van der Waals surface area contributed by atoms with Gasteiger partial charge in [-0.2, -0.15) is 0 Å². The number of rotatable bonds is 4. The average Bonchev–Trinajstić information content (AvgIpc) is 3.05. The van der Waals surface area contributed by atoms with Crippen molar-refractivity contribution >= 4 is 37.7 Å². The van der Waals surface area contributed by atoms with E-state index in [9.17, 15) is 4.79 Å². The van der Waals surface area contributed by atoms with Crippen LogP contribution in [0.4, 0.5) is 5.69 Å². The van der Waals surface area contributed by atoms with Crippen molar-refractivity contribution in [2.75, 3.05) is 5.32 Å². The van der Waals surface area contributed by atoms with Crippen molar-refractivity contribution in [1.29, 1.82) is 0 Å². The standard InChI is InChI=1S/C12H9N3O3Se/c16-12(17)10-5-4-7(18-10)6-13-8-2-1-3-9-11(8)15-19-14-9/h1-5,13H,6H2,(H,16,17). The van der Waals surface area contributed by atoms with E-state index in [4.69, 9.17) is 9.52 Å². The minimum atomic E-state index is -1.07. The number of furan rings is 1. The summed E-state index contributed by atoms with van der Waals surface area (Å²) in [5.41, 5.74) is 2.65. The molecule has 0 saturated heterocycles. The van der Waals surface area contributed by atoms with Gasteiger partial charge in [0.1, 0.15) is 0 Å². The van der Waals surface area contributed by atoms with Gasteiger partial charge in [-0.3, -0.25) is 0 Å². The van der Waals surface area contributed by atoms with Gasteiger partial charge in [-0.25, -0.2) is 0 Å². The van der Waals surface area contributed by atoms with Crippen LogP contribution >= 0.6 is 0 Å². The Hall–Kier alpha value is -2.11. The zero-order valence-corrected chi connectivity index (χ0v) is 11.4. The summed E-state index contributed by atoms with van der Waals surface area (Å²) in [5, 5.41) is 12.0. The number of anilines is 1. The molecule has 19 heavy (non-hydrogen) atoms. The predicted molar refractivity (Wildman–Crippen MR) is 69.5 cm³/mol. The number of carboxylic acids is 1. The molecule has 0 fully saturated rings. The molecular formula is C12H9N3O3Se. The van der Waals surface area contributed by atoms with Crippen LogP contribution in [0.1, 0.15) is 16.3 Å². The zero-order valence-electron chi connectivity index (χ0n) is 9.66. The van der Waals surface area contributed by atoms with Gasteiger partial charge in [-0.15, -0.1) is 0 Å². The molecule has 3 aromatic rings. The number of hydrogen-bond acceptors (Lipinski definition) is 5. The van der Waals surface area contributed by atoms with Crippen LogP contribution in [0, 0.1) is 0 Å². The monoisotopic (exact) mass is 323 g/mol. The third kappa shape index (κ3) is 2.38. The van der Waals surface area contributed by atoms with Crippen molar-refractivity contribution < 1.29 is 14.3 Å². The van der Waals surface area contributed by atoms with Gasteiger partial charge >= 0.3 is 114 Å². The van der Waals surface area contributed by atoms with E-state index in [1.165, 1.54) is 6.07 Å². The molecule has 3 rings (SSSR count). The summed E-state index contributed by atoms with van der Waals surface area (Å²) >= 11 is -0.0682. The van der Waals surface area contributed by atoms with E-state index in [-0.39, 0.29) is 20.7 Å². The van der Waals surface area contributed by atoms with E-state index < -0.39 is 5.97 Å². The first kappa shape index (κ1) is 12.0. The average molecular weight is 322 g/mol. The molecule has 96 valence electrons. The summed E-state index contributed by atoms with van der Waals surface area (Å²) < 4.78 is 13.8. The van der Waals surface area contributed by atoms with Crippen LogP contribution in [-0.4, -0.2) is 34.0 Å². The second-order valence-electron chi connectivity index (χ2n) is 3.86. The second-order valence-corrected chi connectivity index (χ2v) is 4.97. The van der Waals surface area contributed by atoms with E-state index in [1.807, 2.05) is 18.2 Å². The van der Waals surface area contributed by atoms with Gasteiger partial charge < -0.3 is 0 Å². The first-order valence-corrected chi connectivity index (χ1v) is 7.04. The fraction of sp³-hybridized carbons (Fsp3) is 0.0833. The van der Waals surface area contributed by atoms with Crippen molar-refractivity contribution in [3.05, 3.63) is 41.9 Å². The van der Waals surface area contributed by atoms with Crippen LogP contribution in [0.15, 0.2) is 34.7 Å². The molecule has 0 aliphatic heterocycles. The molecule has 0 bridgehead atoms. The number of fused-ring (bicyclic) bond motifs is 1. The van der Waals surface area contributed by atoms with Crippen molar-refractivity contribution in [3.8, 4) is 0 Å². The molecule has 0 spiro atoms. The maximum atomic E-state index is 10.7. The van der Waals surface area contributed by atoms with Crippen LogP contribution in [0.3, 0.4) is 0 Å². The Morgan fingerprint density at radius 2 is 2.21 bits per heavy atom. The summed E-state index contributed by atoms with van der Waals surface area (Å²) in [6.45, 7) is 0.409. The van der Waals surface area contributed by atoms with Crippen molar-refractivity contribution in [2.45, 2.75) is 6.54 Å². The number of carbonyl (C=O) groups is 1. The molecule has 7 heteroatoms. The molecule has 0 unspecified atom stereocenters. The van der Waals surface area contributed by atoms with E-state index in [0.29, 0.717) is 12.3 Å². The van der Waals surface area contributed by atoms with E-state index in [0.717, 1.165) is 16.7 Å². The molecule has 2 heterocycles. The Bertz CT molecular complexity index is 734. The third-order valence-electron chi connectivity index (χ3n) is 2.61. The van der Waals surface area contributed by atoms with Gasteiger partial charge in [-0.1, -0.05) is 0 Å². The number of carboxylic acid groups (broad SMARTS) is 1. The van der Waals surface area contributed by atoms with Crippen molar-refractivity contribution in [2.24, 2.45) is 0 Å². The Morgan fingerprint density at radius 1 is 1.32 bits per heavy atom. The van der Waals surface area contributed by atoms with Gasteiger partial charge in [0.2, 0.25) is 0 Å². The summed E-state index contributed by atoms with van der Waals surface area (Å²) in [7, 11) is 0. The summed E-state index contributed by atoms with van der Waals surface area (Å²) in [4.78, 5) is 10.7. The van der Waals surface area contributed by atoms with Gasteiger partial charge in [-0.05, 0) is 0 Å². The van der Waals surface area contributed by atoms with Crippen LogP contribution in [0.2, 0.25) is 0 Å². The predicted octanol–water partition coefficient (Wildman–Crippen LogP) is 1.59. The fourth-order valence-corrected chi connectivity index (χ4v) is 2.87. The number of aromatic carboxylic acids is 1. The molecule has 6 nitrogen and oxygen atoms in total. The van der Waals surface area contributed by atoms with Crippen molar-refractivity contribution in [3.63, 3.8) is 0 Å². The maximum absolute atomic E-state index is 10.7. The normalized spacial score (nSPS) is 10.7. The minimum absolute atomic E-state index is 0.0573. The topological polar surface area (TPSA) is 88.2 Å². The van der Waals surface area contributed by atoms with Gasteiger partial charge in [0.15, 0.2) is 0 Å². The quantitative estimate of drug-likeness (QED) is 0.709. The van der Waals surface area contributed by atoms with E-state index in [2.05, 4.69) is 13.3 Å². The Balaban J connectivity index is 1.78. The molecule has 0 aliphatic carbocycles. The molecular weight excluding hydrogens is 313 g/mol. The van der Waals surface area contributed by atoms with E-state index in [1.54, 1.807) is 6.07 Å². The van der Waals surface area contributed by atoms with Gasteiger partial charge in [0.25, 0.3) is 0 Å². The molecule has 0 aliphatic rings. The Kier molecular flexibility index (Phi) is 3.06. The molecule has 0 amide bonds. The van der Waals surface area contributed by atoms with Gasteiger partial charge in [0, 0.05) is 0 Å². The third-order valence-corrected chi connectivity index (χ3v) is 3.75. The first-order valence-electron chi connectivity index (χ1n) is 5.51.